The van der Waals surface area contributed by atoms with Crippen molar-refractivity contribution in [1.82, 2.24) is 4.90 Å². The van der Waals surface area contributed by atoms with Crippen LogP contribution in [0.1, 0.15) is 25.7 Å². The Morgan fingerprint density at radius 2 is 1.92 bits per heavy atom. The number of halogens is 1. The van der Waals surface area contributed by atoms with Crippen LogP contribution in [0.15, 0.2) is 24.3 Å². The molecule has 2 atom stereocenters. The zero-order chi connectivity index (χ0) is 17.9. The minimum absolute atomic E-state index is 0.260. The van der Waals surface area contributed by atoms with Crippen LogP contribution in [0.4, 0.5) is 5.69 Å². The van der Waals surface area contributed by atoms with Gasteiger partial charge in [-0.05, 0) is 25.0 Å². The van der Waals surface area contributed by atoms with Crippen molar-refractivity contribution >= 4 is 33.2 Å². The summed E-state index contributed by atoms with van der Waals surface area (Å²) in [4.78, 5) is 14.1. The van der Waals surface area contributed by atoms with Crippen LogP contribution in [0.2, 0.25) is 5.02 Å². The number of amides is 1. The van der Waals surface area contributed by atoms with E-state index in [1.165, 1.54) is 4.90 Å². The number of rotatable bonds is 5. The fourth-order valence-electron chi connectivity index (χ4n) is 3.00. The van der Waals surface area contributed by atoms with Crippen LogP contribution in [0.3, 0.4) is 0 Å². The molecule has 1 fully saturated rings. The van der Waals surface area contributed by atoms with E-state index in [9.17, 15) is 18.3 Å². The number of anilines is 1. The van der Waals surface area contributed by atoms with Gasteiger partial charge in [0.05, 0.1) is 29.1 Å². The molecule has 134 valence electrons. The topological polar surface area (TPSA) is 77.9 Å². The lowest BCUT2D eigenvalue weighted by Crippen LogP contribution is -2.50. The number of aliphatic hydroxyl groups is 1. The highest BCUT2D eigenvalue weighted by Gasteiger charge is 2.31. The van der Waals surface area contributed by atoms with Crippen LogP contribution in [-0.2, 0) is 14.8 Å². The SMILES string of the molecule is CN(C(=O)CN(c1ccccc1Cl)S(C)(=O)=O)C1CCCCC1O. The first-order valence-electron chi connectivity index (χ1n) is 7.88. The van der Waals surface area contributed by atoms with E-state index in [1.54, 1.807) is 31.3 Å². The maximum Gasteiger partial charge on any atom is 0.243 e. The quantitative estimate of drug-likeness (QED) is 0.853. The summed E-state index contributed by atoms with van der Waals surface area (Å²) in [6.45, 7) is -0.345. The van der Waals surface area contributed by atoms with Crippen LogP contribution in [0, 0.1) is 0 Å². The molecule has 1 saturated carbocycles. The Kier molecular flexibility index (Phi) is 6.11. The maximum atomic E-state index is 12.6. The number of aliphatic hydroxyl groups excluding tert-OH is 1. The van der Waals surface area contributed by atoms with Gasteiger partial charge in [0.25, 0.3) is 0 Å². The summed E-state index contributed by atoms with van der Waals surface area (Å²) in [5, 5.41) is 10.4. The van der Waals surface area contributed by atoms with Crippen molar-refractivity contribution in [3.63, 3.8) is 0 Å². The Morgan fingerprint density at radius 1 is 1.29 bits per heavy atom. The van der Waals surface area contributed by atoms with Crippen molar-refractivity contribution in [1.29, 1.82) is 0 Å². The molecule has 6 nitrogen and oxygen atoms in total. The van der Waals surface area contributed by atoms with E-state index in [4.69, 9.17) is 11.6 Å². The Labute approximate surface area is 148 Å². The highest BCUT2D eigenvalue weighted by Crippen LogP contribution is 2.28. The number of benzene rings is 1. The predicted octanol–water partition coefficient (Wildman–Crippen LogP) is 1.87. The van der Waals surface area contributed by atoms with Gasteiger partial charge < -0.3 is 10.0 Å². The van der Waals surface area contributed by atoms with Crippen molar-refractivity contribution < 1.29 is 18.3 Å². The standard InChI is InChI=1S/C16H23ClN2O4S/c1-18(14-9-5-6-10-15(14)20)16(21)11-19(24(2,22)23)13-8-4-3-7-12(13)17/h3-4,7-8,14-15,20H,5-6,9-11H2,1-2H3. The second-order valence-corrected chi connectivity index (χ2v) is 8.46. The van der Waals surface area contributed by atoms with Crippen molar-refractivity contribution in [2.75, 3.05) is 24.2 Å². The van der Waals surface area contributed by atoms with Crippen molar-refractivity contribution in [2.24, 2.45) is 0 Å². The summed E-state index contributed by atoms with van der Waals surface area (Å²) in [7, 11) is -2.07. The molecule has 1 aromatic carbocycles. The van der Waals surface area contributed by atoms with Gasteiger partial charge in [0.15, 0.2) is 0 Å². The Hall–Kier alpha value is -1.31. The fraction of sp³-hybridized carbons (Fsp3) is 0.562. The van der Waals surface area contributed by atoms with Crippen LogP contribution < -0.4 is 4.31 Å². The smallest absolute Gasteiger partial charge is 0.243 e. The zero-order valence-electron chi connectivity index (χ0n) is 13.9. The highest BCUT2D eigenvalue weighted by molar-refractivity contribution is 7.92. The third kappa shape index (κ3) is 4.40. The minimum Gasteiger partial charge on any atom is -0.391 e. The summed E-state index contributed by atoms with van der Waals surface area (Å²) in [5.74, 6) is -0.369. The molecule has 0 heterocycles. The molecule has 0 aromatic heterocycles. The van der Waals surface area contributed by atoms with E-state index < -0.39 is 16.1 Å². The number of para-hydroxylation sites is 1. The molecular weight excluding hydrogens is 352 g/mol. The van der Waals surface area contributed by atoms with Gasteiger partial charge in [0.2, 0.25) is 15.9 Å². The van der Waals surface area contributed by atoms with Crippen LogP contribution in [0.5, 0.6) is 0 Å². The van der Waals surface area contributed by atoms with Crippen molar-refractivity contribution in [3.8, 4) is 0 Å². The first-order valence-corrected chi connectivity index (χ1v) is 10.1. The molecule has 2 rings (SSSR count). The van der Waals surface area contributed by atoms with Gasteiger partial charge in [-0.25, -0.2) is 8.42 Å². The molecule has 1 aromatic rings. The van der Waals surface area contributed by atoms with E-state index in [0.717, 1.165) is 23.4 Å². The first kappa shape index (κ1) is 19.0. The molecule has 1 N–H and O–H groups in total. The number of hydrogen-bond acceptors (Lipinski definition) is 4. The molecule has 1 aliphatic carbocycles. The highest BCUT2D eigenvalue weighted by atomic mass is 35.5. The molecule has 0 spiro atoms. The molecule has 0 saturated heterocycles. The number of sulfonamides is 1. The van der Waals surface area contributed by atoms with Gasteiger partial charge in [-0.2, -0.15) is 0 Å². The molecule has 2 unspecified atom stereocenters. The van der Waals surface area contributed by atoms with Crippen molar-refractivity contribution in [2.45, 2.75) is 37.8 Å². The van der Waals surface area contributed by atoms with Gasteiger partial charge in [-0.15, -0.1) is 0 Å². The maximum absolute atomic E-state index is 12.6. The summed E-state index contributed by atoms with van der Waals surface area (Å²) in [6.07, 6.45) is 3.73. The summed E-state index contributed by atoms with van der Waals surface area (Å²) >= 11 is 6.09. The van der Waals surface area contributed by atoms with Crippen LogP contribution >= 0.6 is 11.6 Å². The van der Waals surface area contributed by atoms with Gasteiger partial charge in [0, 0.05) is 7.05 Å². The summed E-state index contributed by atoms with van der Waals surface area (Å²) < 4.78 is 25.3. The number of hydrogen-bond donors (Lipinski definition) is 1. The molecule has 0 bridgehead atoms. The lowest BCUT2D eigenvalue weighted by molar-refractivity contribution is -0.133. The Bertz CT molecular complexity index is 695. The van der Waals surface area contributed by atoms with Gasteiger partial charge >= 0.3 is 0 Å². The third-order valence-corrected chi connectivity index (χ3v) is 5.83. The minimum atomic E-state index is -3.67. The lowest BCUT2D eigenvalue weighted by Gasteiger charge is -2.36. The number of likely N-dealkylation sites (N-methyl/N-ethyl adjacent to an activating group) is 1. The van der Waals surface area contributed by atoms with Crippen LogP contribution in [0.25, 0.3) is 0 Å². The normalized spacial score (nSPS) is 21.3. The van der Waals surface area contributed by atoms with E-state index in [1.807, 2.05) is 0 Å². The van der Waals surface area contributed by atoms with Gasteiger partial charge in [0.1, 0.15) is 6.54 Å². The molecule has 24 heavy (non-hydrogen) atoms. The summed E-state index contributed by atoms with van der Waals surface area (Å²) in [5.41, 5.74) is 0.271. The molecule has 0 aliphatic heterocycles. The number of carbonyl (C=O) groups excluding carboxylic acids is 1. The first-order chi connectivity index (χ1) is 11.2. The largest absolute Gasteiger partial charge is 0.391 e. The summed E-state index contributed by atoms with van der Waals surface area (Å²) in [6, 6.07) is 6.22. The predicted molar refractivity (Wildman–Crippen MR) is 94.7 cm³/mol. The second kappa shape index (κ2) is 7.72. The van der Waals surface area contributed by atoms with Gasteiger partial charge in [-0.1, -0.05) is 36.6 Å². The van der Waals surface area contributed by atoms with E-state index in [2.05, 4.69) is 0 Å². The average molecular weight is 375 g/mol. The number of nitrogens with zero attached hydrogens (tertiary/aromatic N) is 2. The molecule has 1 aliphatic rings. The molecule has 1 amide bonds. The Balaban J connectivity index is 2.21. The second-order valence-electron chi connectivity index (χ2n) is 6.14. The molecule has 8 heteroatoms. The Morgan fingerprint density at radius 3 is 2.50 bits per heavy atom. The monoisotopic (exact) mass is 374 g/mol. The molecular formula is C16H23ClN2O4S. The lowest BCUT2D eigenvalue weighted by atomic mass is 9.91. The van der Waals surface area contributed by atoms with E-state index in [-0.39, 0.29) is 29.2 Å². The zero-order valence-corrected chi connectivity index (χ0v) is 15.4. The average Bonchev–Trinajstić information content (AvgIpc) is 2.52. The third-order valence-electron chi connectivity index (χ3n) is 4.39. The number of carbonyl (C=O) groups is 1. The fourth-order valence-corrected chi connectivity index (χ4v) is 4.15. The van der Waals surface area contributed by atoms with Gasteiger partial charge in [-0.3, -0.25) is 9.10 Å². The molecule has 0 radical (unpaired) electrons. The van der Waals surface area contributed by atoms with Crippen molar-refractivity contribution in [3.05, 3.63) is 29.3 Å². The van der Waals surface area contributed by atoms with Crippen LogP contribution in [-0.4, -0.2) is 56.3 Å². The van der Waals surface area contributed by atoms with E-state index >= 15 is 0 Å². The van der Waals surface area contributed by atoms with E-state index in [0.29, 0.717) is 12.8 Å².